The number of hydrogen-bond donors (Lipinski definition) is 0. The Bertz CT molecular complexity index is 1020. The van der Waals surface area contributed by atoms with Crippen molar-refractivity contribution in [3.8, 4) is 11.3 Å². The summed E-state index contributed by atoms with van der Waals surface area (Å²) >= 11 is 6.02. The summed E-state index contributed by atoms with van der Waals surface area (Å²) in [5, 5.41) is 0.707. The molecule has 0 unspecified atom stereocenters. The molecule has 0 amide bonds. The zero-order valence-electron chi connectivity index (χ0n) is 15.6. The molecular weight excluding hydrogens is 370 g/mol. The first kappa shape index (κ1) is 18.3. The maximum absolute atomic E-state index is 6.02. The highest BCUT2D eigenvalue weighted by Gasteiger charge is 2.33. The quantitative estimate of drug-likeness (QED) is 0.473. The second-order valence-corrected chi connectivity index (χ2v) is 7.19. The third-order valence-corrected chi connectivity index (χ3v) is 5.12. The summed E-state index contributed by atoms with van der Waals surface area (Å²) in [5.74, 6) is 0.908. The SMILES string of the molecule is C=N/C(=N\c1ccccc1C)N1CC(c2nccnc2-c2ccc(Cl)cc2)C1. The number of benzene rings is 2. The van der Waals surface area contributed by atoms with E-state index in [9.17, 15) is 0 Å². The Morgan fingerprint density at radius 3 is 2.50 bits per heavy atom. The second-order valence-electron chi connectivity index (χ2n) is 6.76. The molecule has 1 saturated heterocycles. The molecule has 28 heavy (non-hydrogen) atoms. The Balaban J connectivity index is 1.55. The van der Waals surface area contributed by atoms with Crippen LogP contribution in [0.4, 0.5) is 5.69 Å². The highest BCUT2D eigenvalue weighted by atomic mass is 35.5. The average Bonchev–Trinajstić information content (AvgIpc) is 2.68. The standard InChI is InChI=1S/C22H20ClN5/c1-15-5-3-4-6-19(15)27-22(24-2)28-13-17(14-28)21-20(25-11-12-26-21)16-7-9-18(23)10-8-16/h3-12,17H,2,13-14H2,1H3/b27-22+. The molecule has 6 heteroatoms. The van der Waals surface area contributed by atoms with Crippen LogP contribution >= 0.6 is 11.6 Å². The molecule has 4 rings (SSSR count). The van der Waals surface area contributed by atoms with Crippen molar-refractivity contribution in [2.45, 2.75) is 12.8 Å². The lowest BCUT2D eigenvalue weighted by Crippen LogP contribution is -2.48. The summed E-state index contributed by atoms with van der Waals surface area (Å²) in [7, 11) is 0. The fourth-order valence-electron chi connectivity index (χ4n) is 3.30. The highest BCUT2D eigenvalue weighted by Crippen LogP contribution is 2.33. The van der Waals surface area contributed by atoms with E-state index in [-0.39, 0.29) is 5.92 Å². The van der Waals surface area contributed by atoms with Gasteiger partial charge in [0, 0.05) is 42.0 Å². The van der Waals surface area contributed by atoms with Crippen LogP contribution < -0.4 is 0 Å². The van der Waals surface area contributed by atoms with E-state index in [1.54, 1.807) is 12.4 Å². The van der Waals surface area contributed by atoms with Crippen molar-refractivity contribution in [3.63, 3.8) is 0 Å². The predicted octanol–water partition coefficient (Wildman–Crippen LogP) is 4.89. The molecule has 1 aliphatic rings. The van der Waals surface area contributed by atoms with Crippen molar-refractivity contribution < 1.29 is 0 Å². The summed E-state index contributed by atoms with van der Waals surface area (Å²) in [4.78, 5) is 20.1. The number of nitrogens with zero attached hydrogens (tertiary/aromatic N) is 5. The van der Waals surface area contributed by atoms with Gasteiger partial charge in [0.1, 0.15) is 0 Å². The summed E-state index contributed by atoms with van der Waals surface area (Å²) in [6, 6.07) is 15.7. The lowest BCUT2D eigenvalue weighted by molar-refractivity contribution is 0.246. The summed E-state index contributed by atoms with van der Waals surface area (Å²) in [6.07, 6.45) is 3.46. The van der Waals surface area contributed by atoms with Gasteiger partial charge in [0.25, 0.3) is 0 Å². The lowest BCUT2D eigenvalue weighted by atomic mass is 9.92. The monoisotopic (exact) mass is 389 g/mol. The van der Waals surface area contributed by atoms with Gasteiger partial charge in [0.15, 0.2) is 0 Å². The maximum atomic E-state index is 6.02. The molecule has 0 saturated carbocycles. The Morgan fingerprint density at radius 2 is 1.79 bits per heavy atom. The minimum absolute atomic E-state index is 0.267. The molecule has 0 N–H and O–H groups in total. The maximum Gasteiger partial charge on any atom is 0.225 e. The molecule has 3 aromatic rings. The van der Waals surface area contributed by atoms with E-state index >= 15 is 0 Å². The molecule has 1 aromatic heterocycles. The number of halogens is 1. The number of likely N-dealkylation sites (tertiary alicyclic amines) is 1. The van der Waals surface area contributed by atoms with Gasteiger partial charge in [0.05, 0.1) is 17.1 Å². The Morgan fingerprint density at radius 1 is 1.07 bits per heavy atom. The van der Waals surface area contributed by atoms with E-state index in [0.717, 1.165) is 41.3 Å². The molecular formula is C22H20ClN5. The van der Waals surface area contributed by atoms with Crippen LogP contribution in [0, 0.1) is 6.92 Å². The van der Waals surface area contributed by atoms with Gasteiger partial charge in [-0.3, -0.25) is 9.97 Å². The van der Waals surface area contributed by atoms with Crippen LogP contribution in [-0.2, 0) is 0 Å². The minimum Gasteiger partial charge on any atom is -0.339 e. The Labute approximate surface area is 169 Å². The van der Waals surface area contributed by atoms with Gasteiger partial charge in [-0.15, -0.1) is 0 Å². The molecule has 0 bridgehead atoms. The van der Waals surface area contributed by atoms with Crippen LogP contribution in [0.2, 0.25) is 5.02 Å². The van der Waals surface area contributed by atoms with E-state index in [0.29, 0.717) is 11.0 Å². The van der Waals surface area contributed by atoms with Crippen LogP contribution in [0.15, 0.2) is 70.9 Å². The van der Waals surface area contributed by atoms with Gasteiger partial charge in [0.2, 0.25) is 5.96 Å². The van der Waals surface area contributed by atoms with E-state index in [1.165, 1.54) is 0 Å². The fraction of sp³-hybridized carbons (Fsp3) is 0.182. The molecule has 2 aromatic carbocycles. The topological polar surface area (TPSA) is 53.7 Å². The molecule has 0 spiro atoms. The van der Waals surface area contributed by atoms with Crippen LogP contribution in [0.1, 0.15) is 17.2 Å². The summed E-state index contributed by atoms with van der Waals surface area (Å²) < 4.78 is 0. The van der Waals surface area contributed by atoms with Crippen LogP contribution in [0.5, 0.6) is 0 Å². The van der Waals surface area contributed by atoms with Gasteiger partial charge < -0.3 is 4.90 Å². The molecule has 140 valence electrons. The van der Waals surface area contributed by atoms with Crippen molar-refractivity contribution in [2.75, 3.05) is 13.1 Å². The number of hydrogen-bond acceptors (Lipinski definition) is 3. The number of aromatic nitrogens is 2. The van der Waals surface area contributed by atoms with Gasteiger partial charge >= 0.3 is 0 Å². The second kappa shape index (κ2) is 7.90. The van der Waals surface area contributed by atoms with Crippen molar-refractivity contribution in [1.29, 1.82) is 0 Å². The predicted molar refractivity (Wildman–Crippen MR) is 115 cm³/mol. The van der Waals surface area contributed by atoms with E-state index in [1.807, 2.05) is 55.5 Å². The molecule has 2 heterocycles. The molecule has 1 aliphatic heterocycles. The Hall–Kier alpha value is -3.05. The molecule has 0 aliphatic carbocycles. The summed E-state index contributed by atoms with van der Waals surface area (Å²) in [6.45, 7) is 7.30. The fourth-order valence-corrected chi connectivity index (χ4v) is 3.42. The first-order valence-electron chi connectivity index (χ1n) is 9.08. The first-order valence-corrected chi connectivity index (χ1v) is 9.46. The van der Waals surface area contributed by atoms with Gasteiger partial charge in [-0.2, -0.15) is 0 Å². The van der Waals surface area contributed by atoms with Crippen molar-refractivity contribution in [1.82, 2.24) is 14.9 Å². The molecule has 5 nitrogen and oxygen atoms in total. The highest BCUT2D eigenvalue weighted by molar-refractivity contribution is 6.30. The van der Waals surface area contributed by atoms with Crippen molar-refractivity contribution in [2.24, 2.45) is 9.98 Å². The van der Waals surface area contributed by atoms with Crippen molar-refractivity contribution >= 4 is 30.0 Å². The minimum atomic E-state index is 0.267. The first-order chi connectivity index (χ1) is 13.7. The van der Waals surface area contributed by atoms with E-state index in [4.69, 9.17) is 11.6 Å². The average molecular weight is 390 g/mol. The van der Waals surface area contributed by atoms with Crippen LogP contribution in [0.25, 0.3) is 11.3 Å². The largest absolute Gasteiger partial charge is 0.339 e. The number of rotatable bonds is 3. The normalized spacial score (nSPS) is 14.6. The molecule has 0 radical (unpaired) electrons. The number of para-hydroxylation sites is 1. The molecule has 0 atom stereocenters. The van der Waals surface area contributed by atoms with E-state index in [2.05, 4.69) is 31.6 Å². The third-order valence-electron chi connectivity index (χ3n) is 4.87. The zero-order valence-corrected chi connectivity index (χ0v) is 16.3. The smallest absolute Gasteiger partial charge is 0.225 e. The number of aliphatic imine (C=N–C) groups is 2. The summed E-state index contributed by atoms with van der Waals surface area (Å²) in [5.41, 5.74) is 4.92. The van der Waals surface area contributed by atoms with Gasteiger partial charge in [-0.05, 0) is 37.4 Å². The Kier molecular flexibility index (Phi) is 5.17. The number of aryl methyl sites for hydroxylation is 1. The number of guanidine groups is 1. The molecule has 1 fully saturated rings. The van der Waals surface area contributed by atoms with Crippen LogP contribution in [0.3, 0.4) is 0 Å². The van der Waals surface area contributed by atoms with Gasteiger partial charge in [-0.25, -0.2) is 9.98 Å². The lowest BCUT2D eigenvalue weighted by Gasteiger charge is -2.39. The zero-order chi connectivity index (χ0) is 19.5. The van der Waals surface area contributed by atoms with Crippen molar-refractivity contribution in [3.05, 3.63) is 77.2 Å². The van der Waals surface area contributed by atoms with Crippen LogP contribution in [-0.4, -0.2) is 40.6 Å². The van der Waals surface area contributed by atoms with Gasteiger partial charge in [-0.1, -0.05) is 41.9 Å². The third kappa shape index (κ3) is 3.66. The van der Waals surface area contributed by atoms with E-state index < -0.39 is 0 Å².